The van der Waals surface area contributed by atoms with Crippen molar-refractivity contribution in [3.63, 3.8) is 0 Å². The molecule has 0 spiro atoms. The van der Waals surface area contributed by atoms with Crippen molar-refractivity contribution in [3.05, 3.63) is 70.9 Å². The fourth-order valence-corrected chi connectivity index (χ4v) is 2.56. The number of aromatic nitrogens is 1. The number of pyridine rings is 1. The highest BCUT2D eigenvalue weighted by atomic mass is 35.5. The molecule has 0 atom stereocenters. The lowest BCUT2D eigenvalue weighted by molar-refractivity contribution is -0.119. The van der Waals surface area contributed by atoms with Crippen LogP contribution >= 0.6 is 11.6 Å². The minimum absolute atomic E-state index is 0.259. The number of fused-ring (bicyclic) bond motifs is 1. The molecule has 1 N–H and O–H groups in total. The number of rotatable bonds is 4. The smallest absolute Gasteiger partial charge is 0.339 e. The number of nitrogens with zero attached hydrogens (tertiary/aromatic N) is 2. The molecule has 3 aromatic rings. The van der Waals surface area contributed by atoms with Crippen LogP contribution in [0.3, 0.4) is 0 Å². The maximum atomic E-state index is 12.3. The summed E-state index contributed by atoms with van der Waals surface area (Å²) in [5.74, 6) is -1.21. The Hall–Kier alpha value is -3.43. The van der Waals surface area contributed by atoms with Crippen LogP contribution in [0.1, 0.15) is 15.9 Å². The molecule has 0 fully saturated rings. The predicted molar refractivity (Wildman–Crippen MR) is 96.8 cm³/mol. The van der Waals surface area contributed by atoms with Gasteiger partial charge in [-0.3, -0.25) is 9.78 Å². The van der Waals surface area contributed by atoms with Crippen LogP contribution in [-0.2, 0) is 9.53 Å². The number of hydrogen-bond acceptors (Lipinski definition) is 5. The molecule has 1 heterocycles. The SMILES string of the molecule is N#Cc1ccc(Cl)cc1NC(=O)COC(=O)c1ccnc2ccccc12. The molecule has 0 saturated heterocycles. The van der Waals surface area contributed by atoms with E-state index in [2.05, 4.69) is 10.3 Å². The second-order valence-corrected chi connectivity index (χ2v) is 5.74. The number of nitrogens with one attached hydrogen (secondary N) is 1. The molecule has 0 bridgehead atoms. The van der Waals surface area contributed by atoms with E-state index in [9.17, 15) is 9.59 Å². The lowest BCUT2D eigenvalue weighted by Gasteiger charge is -2.09. The number of benzene rings is 2. The Bertz CT molecular complexity index is 1040. The zero-order chi connectivity index (χ0) is 18.5. The van der Waals surface area contributed by atoms with Crippen LogP contribution < -0.4 is 5.32 Å². The third-order valence-corrected chi connectivity index (χ3v) is 3.81. The van der Waals surface area contributed by atoms with Crippen LogP contribution in [-0.4, -0.2) is 23.5 Å². The average molecular weight is 366 g/mol. The first kappa shape index (κ1) is 17.4. The van der Waals surface area contributed by atoms with E-state index in [4.69, 9.17) is 21.6 Å². The maximum absolute atomic E-state index is 12.3. The average Bonchev–Trinajstić information content (AvgIpc) is 2.66. The van der Waals surface area contributed by atoms with E-state index in [1.807, 2.05) is 12.1 Å². The summed E-state index contributed by atoms with van der Waals surface area (Å²) in [6.45, 7) is -0.493. The van der Waals surface area contributed by atoms with Crippen molar-refractivity contribution in [3.8, 4) is 6.07 Å². The van der Waals surface area contributed by atoms with Crippen LogP contribution in [0.2, 0.25) is 5.02 Å². The normalized spacial score (nSPS) is 10.2. The zero-order valence-corrected chi connectivity index (χ0v) is 14.2. The highest BCUT2D eigenvalue weighted by Gasteiger charge is 2.14. The number of para-hydroxylation sites is 1. The number of carbonyl (C=O) groups excluding carboxylic acids is 2. The molecule has 2 aromatic carbocycles. The number of nitriles is 1. The van der Waals surface area contributed by atoms with Gasteiger partial charge < -0.3 is 10.1 Å². The predicted octanol–water partition coefficient (Wildman–Crippen LogP) is 3.56. The molecular weight excluding hydrogens is 354 g/mol. The summed E-state index contributed by atoms with van der Waals surface area (Å²) in [4.78, 5) is 28.5. The van der Waals surface area contributed by atoms with Gasteiger partial charge in [0.2, 0.25) is 0 Å². The Labute approximate surface area is 154 Å². The van der Waals surface area contributed by atoms with Crippen LogP contribution in [0, 0.1) is 11.3 Å². The van der Waals surface area contributed by atoms with Crippen molar-refractivity contribution >= 4 is 40.1 Å². The molecule has 0 aliphatic carbocycles. The van der Waals surface area contributed by atoms with Crippen LogP contribution in [0.4, 0.5) is 5.69 Å². The third-order valence-electron chi connectivity index (χ3n) is 3.58. The summed E-state index contributed by atoms with van der Waals surface area (Å²) < 4.78 is 5.08. The molecule has 0 radical (unpaired) electrons. The number of anilines is 1. The fraction of sp³-hybridized carbons (Fsp3) is 0.0526. The van der Waals surface area contributed by atoms with E-state index in [-0.39, 0.29) is 11.3 Å². The number of ether oxygens (including phenoxy) is 1. The minimum Gasteiger partial charge on any atom is -0.452 e. The molecule has 7 heteroatoms. The molecule has 6 nitrogen and oxygen atoms in total. The van der Waals surface area contributed by atoms with Crippen molar-refractivity contribution in [1.82, 2.24) is 4.98 Å². The molecule has 0 unspecified atom stereocenters. The van der Waals surface area contributed by atoms with Gasteiger partial charge >= 0.3 is 5.97 Å². The quantitative estimate of drug-likeness (QED) is 0.714. The van der Waals surface area contributed by atoms with Gasteiger partial charge in [0.25, 0.3) is 5.91 Å². The molecule has 1 amide bonds. The van der Waals surface area contributed by atoms with Gasteiger partial charge in [0, 0.05) is 16.6 Å². The molecule has 3 rings (SSSR count). The first-order chi connectivity index (χ1) is 12.6. The largest absolute Gasteiger partial charge is 0.452 e. The Kier molecular flexibility index (Phi) is 5.11. The summed E-state index contributed by atoms with van der Waals surface area (Å²) in [6.07, 6.45) is 1.50. The number of halogens is 1. The standard InChI is InChI=1S/C19H12ClN3O3/c20-13-6-5-12(10-21)17(9-13)23-18(24)11-26-19(25)15-7-8-22-16-4-2-1-3-14(15)16/h1-9H,11H2,(H,23,24). The van der Waals surface area contributed by atoms with Gasteiger partial charge in [-0.2, -0.15) is 5.26 Å². The molecule has 128 valence electrons. The van der Waals surface area contributed by atoms with Crippen molar-refractivity contribution in [2.24, 2.45) is 0 Å². The van der Waals surface area contributed by atoms with Gasteiger partial charge in [0.05, 0.1) is 22.3 Å². The summed E-state index contributed by atoms with van der Waals surface area (Å²) in [7, 11) is 0. The molecule has 1 aromatic heterocycles. The second kappa shape index (κ2) is 7.64. The van der Waals surface area contributed by atoms with Crippen LogP contribution in [0.25, 0.3) is 10.9 Å². The monoisotopic (exact) mass is 365 g/mol. The number of hydrogen-bond donors (Lipinski definition) is 1. The van der Waals surface area contributed by atoms with Gasteiger partial charge in [0.1, 0.15) is 6.07 Å². The van der Waals surface area contributed by atoms with E-state index >= 15 is 0 Å². The molecular formula is C19H12ClN3O3. The Morgan fingerprint density at radius 3 is 2.81 bits per heavy atom. The van der Waals surface area contributed by atoms with Crippen molar-refractivity contribution in [1.29, 1.82) is 5.26 Å². The van der Waals surface area contributed by atoms with Crippen LogP contribution in [0.15, 0.2) is 54.7 Å². The molecule has 0 aliphatic heterocycles. The first-order valence-electron chi connectivity index (χ1n) is 7.59. The Morgan fingerprint density at radius 2 is 2.00 bits per heavy atom. The second-order valence-electron chi connectivity index (χ2n) is 5.30. The first-order valence-corrected chi connectivity index (χ1v) is 7.96. The van der Waals surface area contributed by atoms with E-state index in [1.54, 1.807) is 24.3 Å². The van der Waals surface area contributed by atoms with Gasteiger partial charge in [-0.25, -0.2) is 4.79 Å². The highest BCUT2D eigenvalue weighted by Crippen LogP contribution is 2.20. The maximum Gasteiger partial charge on any atom is 0.339 e. The fourth-order valence-electron chi connectivity index (χ4n) is 2.39. The van der Waals surface area contributed by atoms with Crippen LogP contribution in [0.5, 0.6) is 0 Å². The summed E-state index contributed by atoms with van der Waals surface area (Å²) >= 11 is 5.87. The molecule has 0 saturated carbocycles. The third kappa shape index (κ3) is 3.79. The van der Waals surface area contributed by atoms with Crippen molar-refractivity contribution < 1.29 is 14.3 Å². The van der Waals surface area contributed by atoms with Gasteiger partial charge in [-0.15, -0.1) is 0 Å². The van der Waals surface area contributed by atoms with Gasteiger partial charge in [0.15, 0.2) is 6.61 Å². The number of esters is 1. The van der Waals surface area contributed by atoms with E-state index in [0.29, 0.717) is 21.5 Å². The number of amides is 1. The van der Waals surface area contributed by atoms with Gasteiger partial charge in [-0.1, -0.05) is 29.8 Å². The highest BCUT2D eigenvalue weighted by molar-refractivity contribution is 6.31. The summed E-state index contributed by atoms with van der Waals surface area (Å²) in [5, 5.41) is 12.6. The Balaban J connectivity index is 1.69. The lowest BCUT2D eigenvalue weighted by atomic mass is 10.1. The summed E-state index contributed by atoms with van der Waals surface area (Å²) in [6, 6.07) is 15.1. The van der Waals surface area contributed by atoms with Gasteiger partial charge in [-0.05, 0) is 30.3 Å². The van der Waals surface area contributed by atoms with E-state index in [1.165, 1.54) is 24.4 Å². The lowest BCUT2D eigenvalue weighted by Crippen LogP contribution is -2.21. The topological polar surface area (TPSA) is 92.1 Å². The molecule has 26 heavy (non-hydrogen) atoms. The van der Waals surface area contributed by atoms with E-state index in [0.717, 1.165) is 0 Å². The summed E-state index contributed by atoms with van der Waals surface area (Å²) in [5.41, 5.74) is 1.50. The molecule has 0 aliphatic rings. The zero-order valence-electron chi connectivity index (χ0n) is 13.4. The number of carbonyl (C=O) groups is 2. The van der Waals surface area contributed by atoms with Crippen molar-refractivity contribution in [2.75, 3.05) is 11.9 Å². The van der Waals surface area contributed by atoms with E-state index < -0.39 is 18.5 Å². The van der Waals surface area contributed by atoms with Crippen molar-refractivity contribution in [2.45, 2.75) is 0 Å². The Morgan fingerprint density at radius 1 is 1.19 bits per heavy atom. The minimum atomic E-state index is -0.634.